The van der Waals surface area contributed by atoms with Crippen molar-refractivity contribution in [1.82, 2.24) is 0 Å². The number of rotatable bonds is 14. The molecular formula is C38H52N2+2. The lowest BCUT2D eigenvalue weighted by atomic mass is 9.80. The molecule has 2 nitrogen and oxygen atoms in total. The maximum atomic E-state index is 2.56. The number of hydrogen-bond acceptors (Lipinski definition) is 0. The van der Waals surface area contributed by atoms with Crippen LogP contribution < -0.4 is 9.13 Å². The highest BCUT2D eigenvalue weighted by molar-refractivity contribution is 6.04. The van der Waals surface area contributed by atoms with Crippen molar-refractivity contribution < 1.29 is 9.13 Å². The van der Waals surface area contributed by atoms with Crippen LogP contribution in [0.25, 0.3) is 32.8 Å². The molecule has 2 heteroatoms. The van der Waals surface area contributed by atoms with Crippen molar-refractivity contribution in [2.45, 2.75) is 130 Å². The van der Waals surface area contributed by atoms with E-state index in [0.717, 1.165) is 13.1 Å². The molecule has 4 aromatic rings. The average molecular weight is 537 g/mol. The molecule has 0 saturated heterocycles. The molecule has 0 amide bonds. The third kappa shape index (κ3) is 5.56. The van der Waals surface area contributed by atoms with Gasteiger partial charge in [0.25, 0.3) is 0 Å². The predicted octanol–water partition coefficient (Wildman–Crippen LogP) is 9.90. The summed E-state index contributed by atoms with van der Waals surface area (Å²) in [6, 6.07) is 16.4. The number of fused-ring (bicyclic) bond motifs is 7. The molecule has 0 radical (unpaired) electrons. The lowest BCUT2D eigenvalue weighted by Gasteiger charge is -2.22. The maximum Gasteiger partial charge on any atom is 0.213 e. The van der Waals surface area contributed by atoms with Crippen LogP contribution in [0.5, 0.6) is 0 Å². The molecule has 1 aliphatic carbocycles. The Morgan fingerprint density at radius 2 is 1.25 bits per heavy atom. The molecule has 5 rings (SSSR count). The van der Waals surface area contributed by atoms with E-state index >= 15 is 0 Å². The number of pyridine rings is 2. The largest absolute Gasteiger partial charge is 0.213 e. The van der Waals surface area contributed by atoms with Crippen LogP contribution in [0.4, 0.5) is 0 Å². The van der Waals surface area contributed by atoms with Crippen LogP contribution in [0.1, 0.15) is 122 Å². The quantitative estimate of drug-likeness (QED) is 0.112. The minimum atomic E-state index is -0.0328. The summed E-state index contributed by atoms with van der Waals surface area (Å²) in [5, 5.41) is 4.25. The van der Waals surface area contributed by atoms with Gasteiger partial charge >= 0.3 is 0 Å². The summed E-state index contributed by atoms with van der Waals surface area (Å²) in [5.41, 5.74) is 8.64. The van der Waals surface area contributed by atoms with Crippen LogP contribution in [0.2, 0.25) is 0 Å². The second kappa shape index (κ2) is 12.8. The Bertz CT molecular complexity index is 1460. The minimum Gasteiger partial charge on any atom is -0.202 e. The van der Waals surface area contributed by atoms with Crippen molar-refractivity contribution in [3.8, 4) is 11.1 Å². The first-order valence-electron chi connectivity index (χ1n) is 16.4. The highest BCUT2D eigenvalue weighted by Crippen LogP contribution is 2.52. The molecule has 1 aliphatic rings. The first-order chi connectivity index (χ1) is 19.5. The van der Waals surface area contributed by atoms with E-state index in [0.29, 0.717) is 0 Å². The normalized spacial score (nSPS) is 13.7. The fourth-order valence-electron chi connectivity index (χ4n) is 7.24. The average Bonchev–Trinajstić information content (AvgIpc) is 3.20. The standard InChI is InChI=1S/C38H52N2/c1-6-8-10-12-14-18-25-39-27-24-31-30(29(39)3)22-23-33-36-32-20-16-17-21-35(32)40(26-19-15-13-11-9-7-2)28-34(36)38(4,5)37(31)33/h16-17,20-24,27-28H,6-15,18-19,25-26H2,1-5H3/q+2. The zero-order chi connectivity index (χ0) is 28.1. The zero-order valence-corrected chi connectivity index (χ0v) is 26.0. The monoisotopic (exact) mass is 536 g/mol. The second-order valence-electron chi connectivity index (χ2n) is 12.8. The smallest absolute Gasteiger partial charge is 0.202 e. The van der Waals surface area contributed by atoms with E-state index in [2.05, 4.69) is 98.6 Å². The highest BCUT2D eigenvalue weighted by Gasteiger charge is 2.41. The van der Waals surface area contributed by atoms with E-state index in [-0.39, 0.29) is 5.41 Å². The van der Waals surface area contributed by atoms with E-state index in [1.807, 2.05) is 0 Å². The molecular weight excluding hydrogens is 484 g/mol. The van der Waals surface area contributed by atoms with Crippen LogP contribution >= 0.6 is 0 Å². The first-order valence-corrected chi connectivity index (χ1v) is 16.4. The Hall–Kier alpha value is -2.74. The lowest BCUT2D eigenvalue weighted by molar-refractivity contribution is -0.701. The topological polar surface area (TPSA) is 7.76 Å². The zero-order valence-electron chi connectivity index (χ0n) is 26.0. The van der Waals surface area contributed by atoms with Gasteiger partial charge in [-0.15, -0.1) is 0 Å². The third-order valence-corrected chi connectivity index (χ3v) is 9.60. The van der Waals surface area contributed by atoms with Crippen molar-refractivity contribution in [2.75, 3.05) is 0 Å². The van der Waals surface area contributed by atoms with E-state index in [9.17, 15) is 0 Å². The van der Waals surface area contributed by atoms with E-state index in [4.69, 9.17) is 0 Å². The third-order valence-electron chi connectivity index (χ3n) is 9.60. The number of aromatic nitrogens is 2. The molecule has 0 N–H and O–H groups in total. The summed E-state index contributed by atoms with van der Waals surface area (Å²) in [4.78, 5) is 0. The van der Waals surface area contributed by atoms with E-state index in [1.165, 1.54) is 127 Å². The molecule has 0 atom stereocenters. The molecule has 212 valence electrons. The SMILES string of the molecule is CCCCCCCC[n+]1ccc2c3c(ccc2c1C)-c1c(c[n+](CCCCCCCC)c2ccccc12)C3(C)C. The van der Waals surface area contributed by atoms with Gasteiger partial charge in [0.15, 0.2) is 18.1 Å². The highest BCUT2D eigenvalue weighted by atomic mass is 15.0. The molecule has 40 heavy (non-hydrogen) atoms. The van der Waals surface area contributed by atoms with Gasteiger partial charge in [-0.3, -0.25) is 0 Å². The molecule has 2 heterocycles. The van der Waals surface area contributed by atoms with Gasteiger partial charge in [-0.2, -0.15) is 4.57 Å². The number of nitrogens with zero attached hydrogens (tertiary/aromatic N) is 2. The Morgan fingerprint density at radius 3 is 1.95 bits per heavy atom. The fourth-order valence-corrected chi connectivity index (χ4v) is 7.24. The van der Waals surface area contributed by atoms with Gasteiger partial charge in [-0.05, 0) is 41.5 Å². The Kier molecular flexibility index (Phi) is 9.24. The molecule has 0 aliphatic heterocycles. The first kappa shape index (κ1) is 28.8. The van der Waals surface area contributed by atoms with Crippen LogP contribution in [-0.2, 0) is 18.5 Å². The van der Waals surface area contributed by atoms with Gasteiger partial charge < -0.3 is 0 Å². The van der Waals surface area contributed by atoms with Crippen LogP contribution in [-0.4, -0.2) is 0 Å². The molecule has 2 aromatic heterocycles. The van der Waals surface area contributed by atoms with Gasteiger partial charge in [-0.1, -0.05) is 97.3 Å². The Labute approximate surface area is 243 Å². The number of benzene rings is 2. The van der Waals surface area contributed by atoms with Crippen LogP contribution in [0.15, 0.2) is 54.9 Å². The molecule has 0 bridgehead atoms. The lowest BCUT2D eigenvalue weighted by Crippen LogP contribution is -2.37. The van der Waals surface area contributed by atoms with Crippen molar-refractivity contribution in [2.24, 2.45) is 0 Å². The summed E-state index contributed by atoms with van der Waals surface area (Å²) in [7, 11) is 0. The summed E-state index contributed by atoms with van der Waals surface area (Å²) >= 11 is 0. The molecule has 0 saturated carbocycles. The Morgan fingerprint density at radius 1 is 0.625 bits per heavy atom. The maximum absolute atomic E-state index is 2.56. The number of hydrogen-bond donors (Lipinski definition) is 0. The van der Waals surface area contributed by atoms with Crippen molar-refractivity contribution in [3.63, 3.8) is 0 Å². The van der Waals surface area contributed by atoms with Gasteiger partial charge in [0.05, 0.1) is 5.39 Å². The summed E-state index contributed by atoms with van der Waals surface area (Å²) in [6.07, 6.45) is 20.9. The molecule has 0 spiro atoms. The summed E-state index contributed by atoms with van der Waals surface area (Å²) < 4.78 is 5.05. The van der Waals surface area contributed by atoms with Gasteiger partial charge in [0.2, 0.25) is 5.52 Å². The number of aryl methyl sites for hydroxylation is 3. The van der Waals surface area contributed by atoms with Crippen molar-refractivity contribution >= 4 is 21.7 Å². The Balaban J connectivity index is 1.48. The van der Waals surface area contributed by atoms with Gasteiger partial charge in [-0.25, -0.2) is 4.57 Å². The van der Waals surface area contributed by atoms with Crippen molar-refractivity contribution in [3.05, 3.63) is 71.7 Å². The fraction of sp³-hybridized carbons (Fsp3) is 0.526. The molecule has 2 aromatic carbocycles. The second-order valence-corrected chi connectivity index (χ2v) is 12.8. The molecule has 0 unspecified atom stereocenters. The van der Waals surface area contributed by atoms with E-state index < -0.39 is 0 Å². The number of para-hydroxylation sites is 1. The predicted molar refractivity (Wildman–Crippen MR) is 171 cm³/mol. The number of unbranched alkanes of at least 4 members (excludes halogenated alkanes) is 10. The van der Waals surface area contributed by atoms with E-state index in [1.54, 1.807) is 0 Å². The summed E-state index contributed by atoms with van der Waals surface area (Å²) in [6.45, 7) is 14.0. The summed E-state index contributed by atoms with van der Waals surface area (Å²) in [5.74, 6) is 0. The van der Waals surface area contributed by atoms with Crippen LogP contribution in [0.3, 0.4) is 0 Å². The van der Waals surface area contributed by atoms with Crippen LogP contribution in [0, 0.1) is 6.92 Å². The van der Waals surface area contributed by atoms with Gasteiger partial charge in [0.1, 0.15) is 13.1 Å². The minimum absolute atomic E-state index is 0.0328. The molecule has 0 fully saturated rings. The van der Waals surface area contributed by atoms with Gasteiger partial charge in [0, 0.05) is 53.8 Å². The van der Waals surface area contributed by atoms with Crippen molar-refractivity contribution in [1.29, 1.82) is 0 Å².